The number of hydrogen-bond donors (Lipinski definition) is 2. The molecule has 3 heteroatoms. The Hall–Kier alpha value is -1.06. The summed E-state index contributed by atoms with van der Waals surface area (Å²) in [6.07, 6.45) is 2.33. The number of nitrogens with two attached hydrogens (primary N) is 1. The third kappa shape index (κ3) is 1.98. The number of methoxy groups -OCH3 is 1. The standard InChI is InChI=1S/C12H17NO2/c1-15-9-6-5-8-3-2-4-11(14)12(13)10(8)7-9/h5-7,11-12,14H,2-4,13H2,1H3/t11-,12+/m0/s1. The van der Waals surface area contributed by atoms with Gasteiger partial charge in [0.25, 0.3) is 0 Å². The van der Waals surface area contributed by atoms with Crippen LogP contribution < -0.4 is 10.5 Å². The van der Waals surface area contributed by atoms with Crippen LogP contribution in [0.15, 0.2) is 18.2 Å². The Bertz CT molecular complexity index is 351. The topological polar surface area (TPSA) is 55.5 Å². The summed E-state index contributed by atoms with van der Waals surface area (Å²) in [6, 6.07) is 5.65. The fourth-order valence-electron chi connectivity index (χ4n) is 2.13. The van der Waals surface area contributed by atoms with Gasteiger partial charge in [-0.3, -0.25) is 0 Å². The van der Waals surface area contributed by atoms with Gasteiger partial charge in [0.1, 0.15) is 5.75 Å². The molecule has 0 radical (unpaired) electrons. The third-order valence-electron chi connectivity index (χ3n) is 3.07. The van der Waals surface area contributed by atoms with Crippen molar-refractivity contribution in [3.8, 4) is 5.75 Å². The lowest BCUT2D eigenvalue weighted by atomic mass is 9.98. The van der Waals surface area contributed by atoms with Crippen molar-refractivity contribution in [1.82, 2.24) is 0 Å². The van der Waals surface area contributed by atoms with E-state index in [1.165, 1.54) is 5.56 Å². The molecule has 15 heavy (non-hydrogen) atoms. The highest BCUT2D eigenvalue weighted by Gasteiger charge is 2.23. The zero-order chi connectivity index (χ0) is 10.8. The van der Waals surface area contributed by atoms with E-state index in [-0.39, 0.29) is 6.04 Å². The van der Waals surface area contributed by atoms with Gasteiger partial charge >= 0.3 is 0 Å². The average molecular weight is 207 g/mol. The monoisotopic (exact) mass is 207 g/mol. The Balaban J connectivity index is 2.41. The fourth-order valence-corrected chi connectivity index (χ4v) is 2.13. The molecule has 2 atom stereocenters. The second kappa shape index (κ2) is 4.21. The summed E-state index contributed by atoms with van der Waals surface area (Å²) in [7, 11) is 1.64. The molecule has 1 aliphatic carbocycles. The lowest BCUT2D eigenvalue weighted by molar-refractivity contribution is 0.136. The molecular weight excluding hydrogens is 190 g/mol. The highest BCUT2D eigenvalue weighted by molar-refractivity contribution is 5.38. The molecule has 0 unspecified atom stereocenters. The number of aliphatic hydroxyl groups excluding tert-OH is 1. The number of fused-ring (bicyclic) bond motifs is 1. The van der Waals surface area contributed by atoms with Crippen LogP contribution in [0.1, 0.15) is 30.0 Å². The maximum Gasteiger partial charge on any atom is 0.119 e. The molecule has 0 aliphatic heterocycles. The molecule has 3 nitrogen and oxygen atoms in total. The molecule has 0 heterocycles. The Kier molecular flexibility index (Phi) is 2.93. The van der Waals surface area contributed by atoms with Crippen molar-refractivity contribution < 1.29 is 9.84 Å². The van der Waals surface area contributed by atoms with Crippen LogP contribution >= 0.6 is 0 Å². The van der Waals surface area contributed by atoms with E-state index in [0.29, 0.717) is 0 Å². The molecule has 0 saturated carbocycles. The maximum atomic E-state index is 9.80. The molecule has 2 rings (SSSR count). The average Bonchev–Trinajstić information content (AvgIpc) is 2.40. The predicted octanol–water partition coefficient (Wildman–Crippen LogP) is 1.39. The molecule has 0 amide bonds. The summed E-state index contributed by atoms with van der Waals surface area (Å²) in [5.41, 5.74) is 8.27. The number of rotatable bonds is 1. The largest absolute Gasteiger partial charge is 0.497 e. The number of ether oxygens (including phenoxy) is 1. The SMILES string of the molecule is COc1ccc2c(c1)[C@@H](N)[C@@H](O)CCC2. The molecule has 0 spiro atoms. The highest BCUT2D eigenvalue weighted by Crippen LogP contribution is 2.30. The Morgan fingerprint density at radius 1 is 1.47 bits per heavy atom. The van der Waals surface area contributed by atoms with Gasteiger partial charge in [-0.2, -0.15) is 0 Å². The van der Waals surface area contributed by atoms with Gasteiger partial charge in [-0.05, 0) is 42.5 Å². The first-order valence-electron chi connectivity index (χ1n) is 5.33. The van der Waals surface area contributed by atoms with Crippen LogP contribution in [-0.2, 0) is 6.42 Å². The molecule has 0 fully saturated rings. The van der Waals surface area contributed by atoms with E-state index < -0.39 is 6.10 Å². The molecular formula is C12H17NO2. The van der Waals surface area contributed by atoms with Crippen LogP contribution in [0.3, 0.4) is 0 Å². The van der Waals surface area contributed by atoms with Gasteiger partial charge in [0.15, 0.2) is 0 Å². The predicted molar refractivity (Wildman–Crippen MR) is 58.9 cm³/mol. The molecule has 1 aliphatic rings. The van der Waals surface area contributed by atoms with Crippen LogP contribution in [0.25, 0.3) is 0 Å². The first-order chi connectivity index (χ1) is 7.22. The Morgan fingerprint density at radius 2 is 2.27 bits per heavy atom. The van der Waals surface area contributed by atoms with Crippen molar-refractivity contribution in [1.29, 1.82) is 0 Å². The van der Waals surface area contributed by atoms with Gasteiger partial charge in [0.05, 0.1) is 19.3 Å². The quantitative estimate of drug-likeness (QED) is 0.684. The van der Waals surface area contributed by atoms with E-state index in [9.17, 15) is 5.11 Å². The van der Waals surface area contributed by atoms with Gasteiger partial charge in [0, 0.05) is 0 Å². The minimum atomic E-state index is -0.432. The molecule has 82 valence electrons. The molecule has 0 aromatic heterocycles. The molecule has 0 saturated heterocycles. The van der Waals surface area contributed by atoms with Crippen molar-refractivity contribution in [2.75, 3.05) is 7.11 Å². The lowest BCUT2D eigenvalue weighted by Crippen LogP contribution is -2.25. The molecule has 3 N–H and O–H groups in total. The normalized spacial score (nSPS) is 25.5. The van der Waals surface area contributed by atoms with Gasteiger partial charge < -0.3 is 15.6 Å². The van der Waals surface area contributed by atoms with Crippen molar-refractivity contribution in [3.63, 3.8) is 0 Å². The van der Waals surface area contributed by atoms with Crippen LogP contribution in [0.2, 0.25) is 0 Å². The van der Waals surface area contributed by atoms with Gasteiger partial charge in [-0.25, -0.2) is 0 Å². The van der Waals surface area contributed by atoms with E-state index in [4.69, 9.17) is 10.5 Å². The highest BCUT2D eigenvalue weighted by atomic mass is 16.5. The van der Waals surface area contributed by atoms with Crippen LogP contribution in [0, 0.1) is 0 Å². The smallest absolute Gasteiger partial charge is 0.119 e. The van der Waals surface area contributed by atoms with Crippen LogP contribution in [-0.4, -0.2) is 18.3 Å². The number of aliphatic hydroxyl groups is 1. The second-order valence-electron chi connectivity index (χ2n) is 4.05. The van der Waals surface area contributed by atoms with Crippen molar-refractivity contribution in [2.24, 2.45) is 5.73 Å². The van der Waals surface area contributed by atoms with Gasteiger partial charge in [0.2, 0.25) is 0 Å². The van der Waals surface area contributed by atoms with E-state index in [2.05, 4.69) is 0 Å². The Labute approximate surface area is 89.9 Å². The molecule has 1 aromatic rings. The number of benzene rings is 1. The van der Waals surface area contributed by atoms with Crippen molar-refractivity contribution in [3.05, 3.63) is 29.3 Å². The zero-order valence-electron chi connectivity index (χ0n) is 8.94. The zero-order valence-corrected chi connectivity index (χ0v) is 8.94. The molecule has 1 aromatic carbocycles. The molecule has 0 bridgehead atoms. The third-order valence-corrected chi connectivity index (χ3v) is 3.07. The summed E-state index contributed by atoms with van der Waals surface area (Å²) in [5.74, 6) is 0.804. The maximum absolute atomic E-state index is 9.80. The van der Waals surface area contributed by atoms with Crippen molar-refractivity contribution in [2.45, 2.75) is 31.4 Å². The first-order valence-corrected chi connectivity index (χ1v) is 5.33. The van der Waals surface area contributed by atoms with Crippen LogP contribution in [0.5, 0.6) is 5.75 Å². The summed E-state index contributed by atoms with van der Waals surface area (Å²) in [6.45, 7) is 0. The van der Waals surface area contributed by atoms with E-state index in [1.54, 1.807) is 7.11 Å². The fraction of sp³-hybridized carbons (Fsp3) is 0.500. The number of aryl methyl sites for hydroxylation is 1. The summed E-state index contributed by atoms with van der Waals surface area (Å²) in [4.78, 5) is 0. The lowest BCUT2D eigenvalue weighted by Gasteiger charge is -2.18. The number of hydrogen-bond acceptors (Lipinski definition) is 3. The minimum absolute atomic E-state index is 0.280. The van der Waals surface area contributed by atoms with E-state index in [0.717, 1.165) is 30.6 Å². The van der Waals surface area contributed by atoms with E-state index in [1.807, 2.05) is 18.2 Å². The van der Waals surface area contributed by atoms with Crippen LogP contribution in [0.4, 0.5) is 0 Å². The summed E-state index contributed by atoms with van der Waals surface area (Å²) in [5, 5.41) is 9.80. The second-order valence-corrected chi connectivity index (χ2v) is 4.05. The summed E-state index contributed by atoms with van der Waals surface area (Å²) >= 11 is 0. The summed E-state index contributed by atoms with van der Waals surface area (Å²) < 4.78 is 5.17. The van der Waals surface area contributed by atoms with Gasteiger partial charge in [-0.1, -0.05) is 6.07 Å². The van der Waals surface area contributed by atoms with Crippen molar-refractivity contribution >= 4 is 0 Å². The first kappa shape index (κ1) is 10.5. The minimum Gasteiger partial charge on any atom is -0.497 e. The van der Waals surface area contributed by atoms with Gasteiger partial charge in [-0.15, -0.1) is 0 Å². The Morgan fingerprint density at radius 3 is 3.00 bits per heavy atom. The van der Waals surface area contributed by atoms with E-state index >= 15 is 0 Å².